The Bertz CT molecular complexity index is 576. The first kappa shape index (κ1) is 18.4. The fourth-order valence-electron chi connectivity index (χ4n) is 2.08. The third kappa shape index (κ3) is 7.28. The molecule has 8 nitrogen and oxygen atoms in total. The highest BCUT2D eigenvalue weighted by Crippen LogP contribution is 2.20. The van der Waals surface area contributed by atoms with Gasteiger partial charge in [0.05, 0.1) is 0 Å². The molecule has 1 aromatic rings. The van der Waals surface area contributed by atoms with E-state index in [1.54, 1.807) is 6.26 Å². The Labute approximate surface area is 133 Å². The highest BCUT2D eigenvalue weighted by Gasteiger charge is 2.15. The Kier molecular flexibility index (Phi) is 7.55. The molecule has 0 saturated heterocycles. The maximum absolute atomic E-state index is 9.55. The van der Waals surface area contributed by atoms with Gasteiger partial charge in [0.2, 0.25) is 0 Å². The van der Waals surface area contributed by atoms with E-state index >= 15 is 0 Å². The van der Waals surface area contributed by atoms with E-state index in [2.05, 4.69) is 22.9 Å². The van der Waals surface area contributed by atoms with E-state index in [4.69, 9.17) is 20.4 Å². The quantitative estimate of drug-likeness (QED) is 0.694. The maximum atomic E-state index is 9.55. The smallest absolute Gasteiger partial charge is 0.328 e. The number of anilines is 1. The Morgan fingerprint density at radius 3 is 2.52 bits per heavy atom. The number of oxazole rings is 1. The van der Waals surface area contributed by atoms with Crippen molar-refractivity contribution in [3.05, 3.63) is 30.2 Å². The maximum Gasteiger partial charge on any atom is 0.328 e. The molecule has 0 atom stereocenters. The van der Waals surface area contributed by atoms with Crippen LogP contribution in [0.15, 0.2) is 28.9 Å². The average Bonchev–Trinajstić information content (AvgIpc) is 2.93. The van der Waals surface area contributed by atoms with E-state index in [-0.39, 0.29) is 6.01 Å². The van der Waals surface area contributed by atoms with Crippen LogP contribution < -0.4 is 5.73 Å². The minimum Gasteiger partial charge on any atom is -0.478 e. The lowest BCUT2D eigenvalue weighted by molar-refractivity contribution is -0.134. The summed E-state index contributed by atoms with van der Waals surface area (Å²) in [5.41, 5.74) is 7.57. The number of carboxylic acid groups (broad SMARTS) is 2. The molecule has 126 valence electrons. The summed E-state index contributed by atoms with van der Waals surface area (Å²) in [6.07, 6.45) is 7.25. The minimum atomic E-state index is -1.26. The van der Waals surface area contributed by atoms with Gasteiger partial charge in [0.1, 0.15) is 12.0 Å². The summed E-state index contributed by atoms with van der Waals surface area (Å²) in [5, 5.41) is 15.6. The molecule has 0 spiro atoms. The van der Waals surface area contributed by atoms with Crippen LogP contribution >= 0.6 is 0 Å². The normalized spacial score (nSPS) is 14.9. The van der Waals surface area contributed by atoms with Gasteiger partial charge in [0, 0.05) is 25.2 Å². The third-order valence-electron chi connectivity index (χ3n) is 2.99. The number of aliphatic carboxylic acids is 2. The molecule has 0 bridgehead atoms. The number of nitrogens with two attached hydrogens (primary N) is 1. The van der Waals surface area contributed by atoms with Crippen LogP contribution in [0.4, 0.5) is 6.01 Å². The summed E-state index contributed by atoms with van der Waals surface area (Å²) in [7, 11) is 0. The van der Waals surface area contributed by atoms with E-state index in [0.717, 1.165) is 31.7 Å². The summed E-state index contributed by atoms with van der Waals surface area (Å²) in [4.78, 5) is 25.7. The number of aromatic nitrogens is 1. The fraction of sp³-hybridized carbons (Fsp3) is 0.400. The Hall–Kier alpha value is -2.61. The average molecular weight is 323 g/mol. The SMILES string of the molecule is CCCN1CCC=C(c2coc(N)n2)C1.O=C(O)/C=C/C(=O)O. The summed E-state index contributed by atoms with van der Waals surface area (Å²) in [6.45, 7) is 5.45. The van der Waals surface area contributed by atoms with Gasteiger partial charge in [-0.05, 0) is 25.0 Å². The fourth-order valence-corrected chi connectivity index (χ4v) is 2.08. The molecular weight excluding hydrogens is 302 g/mol. The zero-order valence-electron chi connectivity index (χ0n) is 12.9. The van der Waals surface area contributed by atoms with Crippen molar-refractivity contribution in [2.75, 3.05) is 25.4 Å². The predicted molar refractivity (Wildman–Crippen MR) is 84.7 cm³/mol. The zero-order chi connectivity index (χ0) is 17.2. The van der Waals surface area contributed by atoms with Crippen molar-refractivity contribution in [1.82, 2.24) is 9.88 Å². The standard InChI is InChI=1S/C11H17N3O.C4H4O4/c1-2-5-14-6-3-4-9(7-14)10-8-15-11(12)13-10;5-3(6)1-2-4(7)8/h4,8H,2-3,5-7H2,1H3,(H2,12,13);1-2H,(H,5,6)(H,7,8)/b;2-1+. The molecule has 0 aromatic carbocycles. The molecule has 0 fully saturated rings. The van der Waals surface area contributed by atoms with Crippen molar-refractivity contribution in [2.45, 2.75) is 19.8 Å². The number of hydrogen-bond acceptors (Lipinski definition) is 6. The van der Waals surface area contributed by atoms with Crippen molar-refractivity contribution in [1.29, 1.82) is 0 Å². The Morgan fingerprint density at radius 2 is 2.04 bits per heavy atom. The van der Waals surface area contributed by atoms with Gasteiger partial charge in [-0.2, -0.15) is 4.98 Å². The second kappa shape index (κ2) is 9.42. The minimum absolute atomic E-state index is 0.249. The van der Waals surface area contributed by atoms with Gasteiger partial charge in [-0.3, -0.25) is 4.90 Å². The van der Waals surface area contributed by atoms with Crippen LogP contribution in [0.25, 0.3) is 5.57 Å². The number of rotatable bonds is 5. The molecular formula is C15H21N3O5. The van der Waals surface area contributed by atoms with Crippen molar-refractivity contribution in [3.8, 4) is 0 Å². The molecule has 1 aliphatic rings. The lowest BCUT2D eigenvalue weighted by atomic mass is 10.1. The van der Waals surface area contributed by atoms with E-state index in [0.29, 0.717) is 12.2 Å². The van der Waals surface area contributed by atoms with Crippen LogP contribution in [0, 0.1) is 0 Å². The van der Waals surface area contributed by atoms with E-state index in [9.17, 15) is 9.59 Å². The molecule has 8 heteroatoms. The van der Waals surface area contributed by atoms with E-state index in [1.165, 1.54) is 12.0 Å². The summed E-state index contributed by atoms with van der Waals surface area (Å²) in [6, 6.07) is 0.249. The van der Waals surface area contributed by atoms with Crippen LogP contribution in [-0.2, 0) is 9.59 Å². The molecule has 4 N–H and O–H groups in total. The molecule has 2 rings (SSSR count). The predicted octanol–water partition coefficient (Wildman–Crippen LogP) is 1.47. The van der Waals surface area contributed by atoms with Gasteiger partial charge >= 0.3 is 11.9 Å². The van der Waals surface area contributed by atoms with Gasteiger partial charge in [0.25, 0.3) is 6.01 Å². The topological polar surface area (TPSA) is 130 Å². The number of hydrogen-bond donors (Lipinski definition) is 3. The highest BCUT2D eigenvalue weighted by molar-refractivity contribution is 5.89. The zero-order valence-corrected chi connectivity index (χ0v) is 12.9. The molecule has 0 aliphatic carbocycles. The van der Waals surface area contributed by atoms with Crippen LogP contribution in [0.2, 0.25) is 0 Å². The second-order valence-corrected chi connectivity index (χ2v) is 4.87. The number of nitrogens with zero attached hydrogens (tertiary/aromatic N) is 2. The largest absolute Gasteiger partial charge is 0.478 e. The molecule has 0 radical (unpaired) electrons. The summed E-state index contributed by atoms with van der Waals surface area (Å²) < 4.78 is 5.02. The van der Waals surface area contributed by atoms with Crippen LogP contribution in [0.1, 0.15) is 25.5 Å². The van der Waals surface area contributed by atoms with Gasteiger partial charge in [-0.25, -0.2) is 9.59 Å². The van der Waals surface area contributed by atoms with Crippen LogP contribution in [0.5, 0.6) is 0 Å². The first-order valence-corrected chi connectivity index (χ1v) is 7.19. The molecule has 0 amide bonds. The van der Waals surface area contributed by atoms with Crippen molar-refractivity contribution < 1.29 is 24.2 Å². The van der Waals surface area contributed by atoms with Crippen molar-refractivity contribution >= 4 is 23.5 Å². The van der Waals surface area contributed by atoms with Gasteiger partial charge < -0.3 is 20.4 Å². The molecule has 0 saturated carbocycles. The summed E-state index contributed by atoms with van der Waals surface area (Å²) >= 11 is 0. The van der Waals surface area contributed by atoms with Crippen LogP contribution in [0.3, 0.4) is 0 Å². The van der Waals surface area contributed by atoms with Gasteiger partial charge in [-0.1, -0.05) is 13.0 Å². The van der Waals surface area contributed by atoms with E-state index < -0.39 is 11.9 Å². The lowest BCUT2D eigenvalue weighted by Crippen LogP contribution is -2.30. The molecule has 23 heavy (non-hydrogen) atoms. The van der Waals surface area contributed by atoms with Crippen LogP contribution in [-0.4, -0.2) is 51.7 Å². The third-order valence-corrected chi connectivity index (χ3v) is 2.99. The van der Waals surface area contributed by atoms with Gasteiger partial charge in [-0.15, -0.1) is 0 Å². The summed E-state index contributed by atoms with van der Waals surface area (Å²) in [5.74, 6) is -2.51. The lowest BCUT2D eigenvalue weighted by Gasteiger charge is -2.25. The number of nitrogen functional groups attached to an aromatic ring is 1. The first-order chi connectivity index (χ1) is 10.9. The monoisotopic (exact) mass is 323 g/mol. The number of carboxylic acids is 2. The molecule has 0 unspecified atom stereocenters. The molecule has 1 aliphatic heterocycles. The number of carbonyl (C=O) groups is 2. The van der Waals surface area contributed by atoms with Gasteiger partial charge in [0.15, 0.2) is 0 Å². The van der Waals surface area contributed by atoms with E-state index in [1.807, 2.05) is 0 Å². The van der Waals surface area contributed by atoms with Crippen molar-refractivity contribution in [2.24, 2.45) is 0 Å². The van der Waals surface area contributed by atoms with Crippen molar-refractivity contribution in [3.63, 3.8) is 0 Å². The Morgan fingerprint density at radius 1 is 1.39 bits per heavy atom. The second-order valence-electron chi connectivity index (χ2n) is 4.87. The Balaban J connectivity index is 0.000000284. The molecule has 2 heterocycles. The highest BCUT2D eigenvalue weighted by atomic mass is 16.4. The molecule has 1 aromatic heterocycles. The first-order valence-electron chi connectivity index (χ1n) is 7.19.